The average Bonchev–Trinajstić information content (AvgIpc) is 3.49. The number of amides is 3. The van der Waals surface area contributed by atoms with Gasteiger partial charge in [-0.15, -0.1) is 11.8 Å². The fourth-order valence-electron chi connectivity index (χ4n) is 4.46. The Morgan fingerprint density at radius 3 is 2.54 bits per heavy atom. The van der Waals surface area contributed by atoms with E-state index in [4.69, 9.17) is 9.47 Å². The van der Waals surface area contributed by atoms with Gasteiger partial charge in [-0.05, 0) is 73.4 Å². The highest BCUT2D eigenvalue weighted by atomic mass is 32.2. The topological polar surface area (TPSA) is 84.9 Å². The number of carbonyl (C=O) groups excluding carboxylic acids is 3. The maximum absolute atomic E-state index is 12.9. The number of carbonyl (C=O) groups is 3. The number of fused-ring (bicyclic) bond motifs is 1. The first kappa shape index (κ1) is 25.0. The van der Waals surface area contributed by atoms with Crippen molar-refractivity contribution in [3.8, 4) is 11.5 Å². The third kappa shape index (κ3) is 5.87. The number of nitrogens with one attached hydrogen (secondary N) is 1. The fourth-order valence-corrected chi connectivity index (χ4v) is 5.36. The van der Waals surface area contributed by atoms with Gasteiger partial charge >= 0.3 is 0 Å². The number of benzene rings is 3. The second-order valence-electron chi connectivity index (χ2n) is 9.16. The average molecular weight is 517 g/mol. The fraction of sp³-hybridized carbons (Fsp3) is 0.276. The zero-order chi connectivity index (χ0) is 25.8. The van der Waals surface area contributed by atoms with E-state index in [0.29, 0.717) is 40.7 Å². The molecule has 2 aliphatic rings. The lowest BCUT2D eigenvalue weighted by Gasteiger charge is -2.17. The number of anilines is 1. The Labute approximate surface area is 220 Å². The van der Waals surface area contributed by atoms with Crippen LogP contribution in [-0.2, 0) is 15.3 Å². The van der Waals surface area contributed by atoms with E-state index in [1.807, 2.05) is 12.1 Å². The molecule has 0 aromatic heterocycles. The van der Waals surface area contributed by atoms with Gasteiger partial charge in [0.1, 0.15) is 11.5 Å². The molecule has 7 nitrogen and oxygen atoms in total. The third-order valence-corrected chi connectivity index (χ3v) is 7.46. The van der Waals surface area contributed by atoms with E-state index in [0.717, 1.165) is 18.6 Å². The standard InChI is InChI=1S/C29H28N2O5S/c1-19-5-2-3-6-20(19)17-37-18-27(32)30-21-8-10-22(11-9-21)36-23-12-13-25-26(15-23)29(34)31(28(25)33)16-24-7-4-14-35-24/h2-3,5-6,8-13,15,24H,4,7,14,16-18H2,1H3,(H,30,32). The molecule has 37 heavy (non-hydrogen) atoms. The first-order valence-electron chi connectivity index (χ1n) is 12.3. The molecule has 1 saturated heterocycles. The van der Waals surface area contributed by atoms with Crippen LogP contribution in [0.1, 0.15) is 44.7 Å². The quantitative estimate of drug-likeness (QED) is 0.382. The van der Waals surface area contributed by atoms with Crippen LogP contribution in [0.25, 0.3) is 0 Å². The summed E-state index contributed by atoms with van der Waals surface area (Å²) in [5.74, 6) is 1.48. The van der Waals surface area contributed by atoms with Crippen molar-refractivity contribution in [1.82, 2.24) is 4.90 Å². The van der Waals surface area contributed by atoms with Gasteiger partial charge in [-0.1, -0.05) is 24.3 Å². The summed E-state index contributed by atoms with van der Waals surface area (Å²) in [7, 11) is 0. The Balaban J connectivity index is 1.14. The number of ether oxygens (including phenoxy) is 2. The van der Waals surface area contributed by atoms with Crippen LogP contribution in [-0.4, -0.2) is 47.6 Å². The monoisotopic (exact) mass is 516 g/mol. The summed E-state index contributed by atoms with van der Waals surface area (Å²) in [4.78, 5) is 39.2. The molecular weight excluding hydrogens is 488 g/mol. The summed E-state index contributed by atoms with van der Waals surface area (Å²) < 4.78 is 11.5. The number of imide groups is 1. The number of hydrogen-bond donors (Lipinski definition) is 1. The van der Waals surface area contributed by atoms with E-state index >= 15 is 0 Å². The van der Waals surface area contributed by atoms with E-state index in [-0.39, 0.29) is 30.4 Å². The van der Waals surface area contributed by atoms with Crippen molar-refractivity contribution in [2.24, 2.45) is 0 Å². The highest BCUT2D eigenvalue weighted by Gasteiger charge is 2.37. The molecule has 3 aromatic carbocycles. The third-order valence-electron chi connectivity index (χ3n) is 6.48. The van der Waals surface area contributed by atoms with E-state index in [1.54, 1.807) is 54.2 Å². The molecule has 1 atom stereocenters. The van der Waals surface area contributed by atoms with Crippen molar-refractivity contribution in [3.63, 3.8) is 0 Å². The van der Waals surface area contributed by atoms with Crippen LogP contribution < -0.4 is 10.1 Å². The predicted octanol–water partition coefficient (Wildman–Crippen LogP) is 5.43. The van der Waals surface area contributed by atoms with E-state index in [9.17, 15) is 14.4 Å². The molecule has 0 bridgehead atoms. The van der Waals surface area contributed by atoms with Gasteiger partial charge in [-0.2, -0.15) is 0 Å². The van der Waals surface area contributed by atoms with Crippen LogP contribution in [0.5, 0.6) is 11.5 Å². The zero-order valence-electron chi connectivity index (χ0n) is 20.6. The van der Waals surface area contributed by atoms with Gasteiger partial charge in [-0.3, -0.25) is 19.3 Å². The molecule has 8 heteroatoms. The highest BCUT2D eigenvalue weighted by molar-refractivity contribution is 7.99. The van der Waals surface area contributed by atoms with Gasteiger partial charge in [0.2, 0.25) is 5.91 Å². The summed E-state index contributed by atoms with van der Waals surface area (Å²) in [6.45, 7) is 3.02. The molecule has 3 amide bonds. The molecule has 0 radical (unpaired) electrons. The molecule has 0 saturated carbocycles. The molecule has 2 aliphatic heterocycles. The number of thioether (sulfide) groups is 1. The van der Waals surface area contributed by atoms with Crippen LogP contribution in [0.4, 0.5) is 5.69 Å². The van der Waals surface area contributed by atoms with Gasteiger partial charge in [-0.25, -0.2) is 0 Å². The molecule has 5 rings (SSSR count). The Hall–Kier alpha value is -3.62. The minimum absolute atomic E-state index is 0.0680. The Bertz CT molecular complexity index is 1320. The summed E-state index contributed by atoms with van der Waals surface area (Å²) >= 11 is 1.57. The maximum atomic E-state index is 12.9. The van der Waals surface area contributed by atoms with E-state index < -0.39 is 0 Å². The van der Waals surface area contributed by atoms with Crippen LogP contribution in [0.15, 0.2) is 66.7 Å². The molecule has 0 aliphatic carbocycles. The molecule has 1 N–H and O–H groups in total. The maximum Gasteiger partial charge on any atom is 0.261 e. The molecule has 1 fully saturated rings. The van der Waals surface area contributed by atoms with Crippen molar-refractivity contribution in [2.45, 2.75) is 31.6 Å². The second kappa shape index (κ2) is 11.2. The highest BCUT2D eigenvalue weighted by Crippen LogP contribution is 2.31. The SMILES string of the molecule is Cc1ccccc1CSCC(=O)Nc1ccc(Oc2ccc3c(c2)C(=O)N(CC2CCCO2)C3=O)cc1. The van der Waals surface area contributed by atoms with Gasteiger partial charge in [0.05, 0.1) is 29.5 Å². The van der Waals surface area contributed by atoms with E-state index in [2.05, 4.69) is 24.4 Å². The lowest BCUT2D eigenvalue weighted by atomic mass is 10.1. The van der Waals surface area contributed by atoms with Crippen molar-refractivity contribution in [1.29, 1.82) is 0 Å². The number of aryl methyl sites for hydroxylation is 1. The van der Waals surface area contributed by atoms with Crippen molar-refractivity contribution in [2.75, 3.05) is 24.2 Å². The van der Waals surface area contributed by atoms with Crippen LogP contribution in [0.2, 0.25) is 0 Å². The van der Waals surface area contributed by atoms with Crippen molar-refractivity contribution in [3.05, 3.63) is 89.0 Å². The largest absolute Gasteiger partial charge is 0.457 e. The normalized spacial score (nSPS) is 16.7. The van der Waals surface area contributed by atoms with Crippen molar-refractivity contribution >= 4 is 35.2 Å². The zero-order valence-corrected chi connectivity index (χ0v) is 21.4. The Morgan fingerprint density at radius 2 is 1.78 bits per heavy atom. The lowest BCUT2D eigenvalue weighted by Crippen LogP contribution is -2.36. The van der Waals surface area contributed by atoms with Gasteiger partial charge in [0, 0.05) is 18.0 Å². The Kier molecular flexibility index (Phi) is 7.58. The van der Waals surface area contributed by atoms with Gasteiger partial charge in [0.15, 0.2) is 0 Å². The predicted molar refractivity (Wildman–Crippen MR) is 143 cm³/mol. The number of nitrogens with zero attached hydrogens (tertiary/aromatic N) is 1. The first-order chi connectivity index (χ1) is 18.0. The van der Waals surface area contributed by atoms with Gasteiger partial charge in [0.25, 0.3) is 11.8 Å². The molecule has 1 unspecified atom stereocenters. The molecule has 190 valence electrons. The second-order valence-corrected chi connectivity index (χ2v) is 10.1. The van der Waals surface area contributed by atoms with Crippen LogP contribution >= 0.6 is 11.8 Å². The molecular formula is C29H28N2O5S. The molecule has 2 heterocycles. The molecule has 3 aromatic rings. The van der Waals surface area contributed by atoms with Crippen LogP contribution in [0, 0.1) is 6.92 Å². The summed E-state index contributed by atoms with van der Waals surface area (Å²) in [5.41, 5.74) is 3.85. The van der Waals surface area contributed by atoms with Crippen LogP contribution in [0.3, 0.4) is 0 Å². The first-order valence-corrected chi connectivity index (χ1v) is 13.5. The smallest absolute Gasteiger partial charge is 0.261 e. The lowest BCUT2D eigenvalue weighted by molar-refractivity contribution is -0.113. The molecule has 0 spiro atoms. The summed E-state index contributed by atoms with van der Waals surface area (Å²) in [6.07, 6.45) is 1.70. The summed E-state index contributed by atoms with van der Waals surface area (Å²) in [5, 5.41) is 2.90. The Morgan fingerprint density at radius 1 is 1.03 bits per heavy atom. The number of rotatable bonds is 9. The minimum atomic E-state index is -0.320. The minimum Gasteiger partial charge on any atom is -0.457 e. The van der Waals surface area contributed by atoms with Crippen molar-refractivity contribution < 1.29 is 23.9 Å². The van der Waals surface area contributed by atoms with E-state index in [1.165, 1.54) is 16.0 Å². The van der Waals surface area contributed by atoms with Gasteiger partial charge < -0.3 is 14.8 Å². The number of hydrogen-bond acceptors (Lipinski definition) is 6. The summed E-state index contributed by atoms with van der Waals surface area (Å²) in [6, 6.07) is 20.1.